The molecular weight excluding hydrogens is 248 g/mol. The summed E-state index contributed by atoms with van der Waals surface area (Å²) in [5.41, 5.74) is 0. The first kappa shape index (κ1) is 15.9. The summed E-state index contributed by atoms with van der Waals surface area (Å²) >= 11 is 0. The second-order valence-electron chi connectivity index (χ2n) is 5.51. The van der Waals surface area contributed by atoms with Gasteiger partial charge in [-0.1, -0.05) is 13.8 Å². The lowest BCUT2D eigenvalue weighted by Gasteiger charge is -2.40. The van der Waals surface area contributed by atoms with E-state index in [0.29, 0.717) is 13.1 Å². The SMILES string of the molecule is CC(C)[C@@H](C(=O)NCC(=O)O)N1C[C@@H](C)O[C@H](C)C1. The Kier molecular flexibility index (Phi) is 5.75. The average molecular weight is 272 g/mol. The lowest BCUT2D eigenvalue weighted by atomic mass is 9.99. The smallest absolute Gasteiger partial charge is 0.322 e. The van der Waals surface area contributed by atoms with Crippen molar-refractivity contribution in [2.24, 2.45) is 5.92 Å². The number of amides is 1. The van der Waals surface area contributed by atoms with Gasteiger partial charge in [0.15, 0.2) is 0 Å². The van der Waals surface area contributed by atoms with Gasteiger partial charge in [-0.25, -0.2) is 0 Å². The summed E-state index contributed by atoms with van der Waals surface area (Å²) in [6.07, 6.45) is 0.162. The molecule has 3 atom stereocenters. The number of hydrogen-bond acceptors (Lipinski definition) is 4. The van der Waals surface area contributed by atoms with Crippen molar-refractivity contribution in [2.45, 2.75) is 45.9 Å². The Hall–Kier alpha value is -1.14. The minimum Gasteiger partial charge on any atom is -0.480 e. The highest BCUT2D eigenvalue weighted by atomic mass is 16.5. The normalized spacial score (nSPS) is 26.2. The monoisotopic (exact) mass is 272 g/mol. The molecule has 1 aliphatic rings. The second kappa shape index (κ2) is 6.86. The van der Waals surface area contributed by atoms with E-state index in [9.17, 15) is 9.59 Å². The summed E-state index contributed by atoms with van der Waals surface area (Å²) in [5.74, 6) is -1.13. The number of nitrogens with one attached hydrogen (secondary N) is 1. The molecule has 1 aliphatic heterocycles. The largest absolute Gasteiger partial charge is 0.480 e. The van der Waals surface area contributed by atoms with Gasteiger partial charge in [0.25, 0.3) is 0 Å². The van der Waals surface area contributed by atoms with Gasteiger partial charge < -0.3 is 15.2 Å². The molecule has 6 nitrogen and oxygen atoms in total. The molecule has 0 bridgehead atoms. The summed E-state index contributed by atoms with van der Waals surface area (Å²) in [5, 5.41) is 11.1. The van der Waals surface area contributed by atoms with Gasteiger partial charge in [0.05, 0.1) is 18.2 Å². The van der Waals surface area contributed by atoms with Crippen molar-refractivity contribution in [1.29, 1.82) is 0 Å². The van der Waals surface area contributed by atoms with E-state index < -0.39 is 5.97 Å². The van der Waals surface area contributed by atoms with Gasteiger partial charge in [0, 0.05) is 13.1 Å². The zero-order chi connectivity index (χ0) is 14.6. The van der Waals surface area contributed by atoms with E-state index in [0.717, 1.165) is 0 Å². The molecule has 0 aromatic carbocycles. The van der Waals surface area contributed by atoms with Crippen molar-refractivity contribution in [3.63, 3.8) is 0 Å². The van der Waals surface area contributed by atoms with Crippen LogP contribution in [0.1, 0.15) is 27.7 Å². The topological polar surface area (TPSA) is 78.9 Å². The van der Waals surface area contributed by atoms with Crippen LogP contribution in [0.15, 0.2) is 0 Å². The van der Waals surface area contributed by atoms with Gasteiger partial charge in [-0.2, -0.15) is 0 Å². The van der Waals surface area contributed by atoms with Crippen LogP contribution in [0.5, 0.6) is 0 Å². The van der Waals surface area contributed by atoms with Crippen LogP contribution >= 0.6 is 0 Å². The van der Waals surface area contributed by atoms with Gasteiger partial charge in [-0.15, -0.1) is 0 Å². The Morgan fingerprint density at radius 1 is 1.32 bits per heavy atom. The Morgan fingerprint density at radius 2 is 1.84 bits per heavy atom. The summed E-state index contributed by atoms with van der Waals surface area (Å²) in [6.45, 7) is 8.94. The number of rotatable bonds is 5. The Morgan fingerprint density at radius 3 is 2.26 bits per heavy atom. The van der Waals surface area contributed by atoms with E-state index in [1.165, 1.54) is 0 Å². The standard InChI is InChI=1S/C13H24N2O4/c1-8(2)12(13(18)14-5-11(16)17)15-6-9(3)19-10(4)7-15/h8-10,12H,5-7H2,1-4H3,(H,14,18)(H,16,17)/t9-,10-,12+/m1/s1. The third-order valence-corrected chi connectivity index (χ3v) is 3.16. The van der Waals surface area contributed by atoms with E-state index in [2.05, 4.69) is 10.2 Å². The number of carbonyl (C=O) groups is 2. The molecule has 1 saturated heterocycles. The maximum Gasteiger partial charge on any atom is 0.322 e. The third kappa shape index (κ3) is 4.80. The second-order valence-corrected chi connectivity index (χ2v) is 5.51. The highest BCUT2D eigenvalue weighted by Crippen LogP contribution is 2.18. The quantitative estimate of drug-likeness (QED) is 0.753. The minimum atomic E-state index is -1.03. The predicted octanol–water partition coefficient (Wildman–Crippen LogP) is 0.321. The van der Waals surface area contributed by atoms with E-state index in [1.54, 1.807) is 0 Å². The van der Waals surface area contributed by atoms with Crippen molar-refractivity contribution in [3.8, 4) is 0 Å². The molecule has 0 aliphatic carbocycles. The van der Waals surface area contributed by atoms with Gasteiger partial charge in [0.1, 0.15) is 6.54 Å². The first-order chi connectivity index (χ1) is 8.81. The fourth-order valence-electron chi connectivity index (χ4n) is 2.60. The molecule has 0 spiro atoms. The summed E-state index contributed by atoms with van der Waals surface area (Å²) in [4.78, 5) is 24.8. The number of carboxylic acids is 1. The number of carbonyl (C=O) groups excluding carboxylic acids is 1. The van der Waals surface area contributed by atoms with E-state index in [1.807, 2.05) is 27.7 Å². The molecule has 0 unspecified atom stereocenters. The van der Waals surface area contributed by atoms with Crippen molar-refractivity contribution in [3.05, 3.63) is 0 Å². The van der Waals surface area contributed by atoms with Crippen molar-refractivity contribution in [1.82, 2.24) is 10.2 Å². The molecule has 1 fully saturated rings. The van der Waals surface area contributed by atoms with Crippen LogP contribution < -0.4 is 5.32 Å². The molecular formula is C13H24N2O4. The Balaban J connectivity index is 2.70. The Labute approximate surface area is 114 Å². The zero-order valence-corrected chi connectivity index (χ0v) is 12.0. The molecule has 19 heavy (non-hydrogen) atoms. The lowest BCUT2D eigenvalue weighted by molar-refractivity contribution is -0.141. The van der Waals surface area contributed by atoms with Gasteiger partial charge in [-0.05, 0) is 19.8 Å². The molecule has 0 saturated carbocycles. The van der Waals surface area contributed by atoms with Crippen LogP contribution in [0.2, 0.25) is 0 Å². The Bertz CT molecular complexity index is 323. The highest BCUT2D eigenvalue weighted by molar-refractivity contribution is 5.85. The van der Waals surface area contributed by atoms with Gasteiger partial charge in [-0.3, -0.25) is 14.5 Å². The maximum absolute atomic E-state index is 12.1. The van der Waals surface area contributed by atoms with Crippen LogP contribution in [-0.4, -0.2) is 59.8 Å². The minimum absolute atomic E-state index is 0.0808. The van der Waals surface area contributed by atoms with Gasteiger partial charge in [0.2, 0.25) is 5.91 Å². The molecule has 1 rings (SSSR count). The van der Waals surface area contributed by atoms with Crippen LogP contribution in [0.3, 0.4) is 0 Å². The number of nitrogens with zero attached hydrogens (tertiary/aromatic N) is 1. The van der Waals surface area contributed by atoms with Crippen LogP contribution in [0.4, 0.5) is 0 Å². The number of morpholine rings is 1. The molecule has 0 aromatic rings. The highest BCUT2D eigenvalue weighted by Gasteiger charge is 2.34. The van der Waals surface area contributed by atoms with E-state index in [4.69, 9.17) is 9.84 Å². The van der Waals surface area contributed by atoms with Crippen LogP contribution in [-0.2, 0) is 14.3 Å². The molecule has 1 heterocycles. The number of hydrogen-bond donors (Lipinski definition) is 2. The van der Waals surface area contributed by atoms with E-state index >= 15 is 0 Å². The molecule has 110 valence electrons. The predicted molar refractivity (Wildman–Crippen MR) is 70.9 cm³/mol. The number of aliphatic carboxylic acids is 1. The molecule has 0 aromatic heterocycles. The first-order valence-corrected chi connectivity index (χ1v) is 6.70. The van der Waals surface area contributed by atoms with Crippen LogP contribution in [0, 0.1) is 5.92 Å². The van der Waals surface area contributed by atoms with Crippen LogP contribution in [0.25, 0.3) is 0 Å². The number of ether oxygens (including phenoxy) is 1. The average Bonchev–Trinajstić information content (AvgIpc) is 2.24. The van der Waals surface area contributed by atoms with Crippen molar-refractivity contribution in [2.75, 3.05) is 19.6 Å². The summed E-state index contributed by atoms with van der Waals surface area (Å²) < 4.78 is 5.66. The first-order valence-electron chi connectivity index (χ1n) is 6.70. The van der Waals surface area contributed by atoms with Crippen molar-refractivity contribution < 1.29 is 19.4 Å². The lowest BCUT2D eigenvalue weighted by Crippen LogP contribution is -2.57. The van der Waals surface area contributed by atoms with Crippen molar-refractivity contribution >= 4 is 11.9 Å². The van der Waals surface area contributed by atoms with E-state index in [-0.39, 0.29) is 36.6 Å². The molecule has 1 amide bonds. The summed E-state index contributed by atoms with van der Waals surface area (Å²) in [7, 11) is 0. The summed E-state index contributed by atoms with van der Waals surface area (Å²) in [6, 6.07) is -0.312. The molecule has 0 radical (unpaired) electrons. The zero-order valence-electron chi connectivity index (χ0n) is 12.0. The van der Waals surface area contributed by atoms with Gasteiger partial charge >= 0.3 is 5.97 Å². The number of carboxylic acid groups (broad SMARTS) is 1. The molecule has 2 N–H and O–H groups in total. The molecule has 6 heteroatoms. The third-order valence-electron chi connectivity index (χ3n) is 3.16. The fraction of sp³-hybridized carbons (Fsp3) is 0.846. The maximum atomic E-state index is 12.1. The fourth-order valence-corrected chi connectivity index (χ4v) is 2.60.